The van der Waals surface area contributed by atoms with Gasteiger partial charge in [-0.2, -0.15) is 0 Å². The molecule has 18 N–H and O–H groups in total. The molecule has 0 spiro atoms. The van der Waals surface area contributed by atoms with Crippen molar-refractivity contribution in [2.75, 3.05) is 26.2 Å². The number of amides is 8. The van der Waals surface area contributed by atoms with Crippen molar-refractivity contribution >= 4 is 71.1 Å². The maximum absolute atomic E-state index is 14.0. The number of esters is 1. The molecule has 31 heteroatoms. The molecule has 0 aliphatic carbocycles. The zero-order valence-corrected chi connectivity index (χ0v) is 44.5. The van der Waals surface area contributed by atoms with Crippen LogP contribution in [0, 0.1) is 0 Å². The number of nitrogens with one attached hydrogen (secondary N) is 6. The van der Waals surface area contributed by atoms with Crippen LogP contribution in [-0.4, -0.2) is 233 Å². The molecule has 0 radical (unpaired) electrons. The number of hydrogen-bond donors (Lipinski definition) is 16. The van der Waals surface area contributed by atoms with Gasteiger partial charge in [0.2, 0.25) is 47.3 Å². The van der Waals surface area contributed by atoms with Crippen LogP contribution >= 0.6 is 0 Å². The summed E-state index contributed by atoms with van der Waals surface area (Å²) in [5.74, 6) is -16.3. The zero-order chi connectivity index (χ0) is 59.3. The van der Waals surface area contributed by atoms with Crippen molar-refractivity contribution in [3.8, 4) is 0 Å². The Morgan fingerprint density at radius 2 is 1.13 bits per heavy atom. The summed E-state index contributed by atoms with van der Waals surface area (Å²) in [4.78, 5) is 155. The molecule has 3 aliphatic rings. The van der Waals surface area contributed by atoms with Gasteiger partial charge < -0.3 is 98.8 Å². The van der Waals surface area contributed by atoms with Gasteiger partial charge in [0.25, 0.3) is 0 Å². The van der Waals surface area contributed by atoms with Crippen LogP contribution in [0.5, 0.6) is 0 Å². The van der Waals surface area contributed by atoms with E-state index in [1.807, 2.05) is 16.0 Å². The van der Waals surface area contributed by atoms with Crippen LogP contribution in [0.1, 0.15) is 117 Å². The minimum absolute atomic E-state index is 0.0725. The Labute approximate surface area is 455 Å². The number of ether oxygens (including phenoxy) is 1. The molecule has 0 aromatic rings. The highest BCUT2D eigenvalue weighted by Crippen LogP contribution is 2.23. The number of aliphatic imine (C=N–C) groups is 1. The predicted molar refractivity (Wildman–Crippen MR) is 272 cm³/mol. The minimum atomic E-state index is -2.81. The third-order valence-electron chi connectivity index (χ3n) is 13.6. The molecular weight excluding hydrogens is 1050 g/mol. The third kappa shape index (κ3) is 19.8. The molecule has 79 heavy (non-hydrogen) atoms. The number of aliphatic hydroxyl groups excluding tert-OH is 6. The molecule has 3 rings (SSSR count). The van der Waals surface area contributed by atoms with E-state index in [1.54, 1.807) is 0 Å². The number of nitrogens with two attached hydrogens (primary N) is 2. The third-order valence-corrected chi connectivity index (χ3v) is 13.6. The Balaban J connectivity index is 2.15. The fraction of sp³-hybridized carbons (Fsp3) is 0.750. The van der Waals surface area contributed by atoms with Gasteiger partial charge in [0.15, 0.2) is 24.2 Å². The number of carbonyl (C=O) groups is 11. The fourth-order valence-corrected chi connectivity index (χ4v) is 9.27. The summed E-state index contributed by atoms with van der Waals surface area (Å²) >= 11 is 0. The van der Waals surface area contributed by atoms with Crippen molar-refractivity contribution < 1.29 is 98.3 Å². The number of nitrogens with zero attached hydrogens (tertiary/aromatic N) is 3. The Morgan fingerprint density at radius 1 is 0.633 bits per heavy atom. The summed E-state index contributed by atoms with van der Waals surface area (Å²) in [5, 5.41) is 97.1. The van der Waals surface area contributed by atoms with E-state index in [0.29, 0.717) is 17.7 Å². The molecule has 3 saturated heterocycles. The quantitative estimate of drug-likeness (QED) is 0.0233. The number of rotatable bonds is 20. The van der Waals surface area contributed by atoms with Gasteiger partial charge in [-0.3, -0.25) is 43.3 Å². The maximum atomic E-state index is 14.0. The first-order chi connectivity index (χ1) is 37.2. The summed E-state index contributed by atoms with van der Waals surface area (Å²) < 4.78 is 5.58. The van der Waals surface area contributed by atoms with Gasteiger partial charge in [-0.15, -0.1) is 0 Å². The van der Waals surface area contributed by atoms with E-state index in [1.165, 1.54) is 6.92 Å². The van der Waals surface area contributed by atoms with Gasteiger partial charge in [-0.05, 0) is 52.4 Å². The van der Waals surface area contributed by atoms with Crippen LogP contribution in [0.3, 0.4) is 0 Å². The molecule has 31 nitrogen and oxygen atoms in total. The van der Waals surface area contributed by atoms with Crippen molar-refractivity contribution in [2.45, 2.75) is 202 Å². The highest BCUT2D eigenvalue weighted by Gasteiger charge is 2.48. The molecule has 0 saturated carbocycles. The number of cyclic esters (lactones) is 1. The number of hydrogen-bond acceptors (Lipinski definition) is 19. The number of unbranched alkanes of at least 4 members (excludes halogenated alkanes) is 8. The van der Waals surface area contributed by atoms with Crippen LogP contribution in [0.15, 0.2) is 4.99 Å². The Bertz CT molecular complexity index is 2180. The summed E-state index contributed by atoms with van der Waals surface area (Å²) in [5.41, 5.74) is 10.8. The molecule has 3 aliphatic heterocycles. The van der Waals surface area contributed by atoms with Gasteiger partial charge in [0.1, 0.15) is 48.4 Å². The average Bonchev–Trinajstić information content (AvgIpc) is 4.02. The van der Waals surface area contributed by atoms with Crippen molar-refractivity contribution in [3.63, 3.8) is 0 Å². The van der Waals surface area contributed by atoms with Crippen LogP contribution in [0.25, 0.3) is 0 Å². The Hall–Kier alpha value is -6.80. The number of aliphatic carboxylic acids is 2. The van der Waals surface area contributed by atoms with Crippen LogP contribution < -0.4 is 43.4 Å². The Morgan fingerprint density at radius 3 is 1.66 bits per heavy atom. The smallest absolute Gasteiger partial charge is 0.335 e. The van der Waals surface area contributed by atoms with Crippen molar-refractivity contribution in [1.29, 1.82) is 0 Å². The SMILES string of the molecule is CCCCCCCCCCC[C@H]1CC(=O)N[C@H]([C@H](C)O)C(=O)N[C@H](C)C(=O)N2CC[C@H](O)[C@@H]2C(=O)N[C@@H](CCCN=C(N)N)C(=O)N[C@H]([C@@H](O)C(=O)O)C(=O)N[C@@H](CO)C(=O)N2CC[C@H](O)[C@H]2C(=O)N[C@H]([C@H](O)C(=O)O)C(=O)O1. The predicted octanol–water partition coefficient (Wildman–Crippen LogP) is -6.61. The summed E-state index contributed by atoms with van der Waals surface area (Å²) in [7, 11) is 0. The zero-order valence-electron chi connectivity index (χ0n) is 44.5. The van der Waals surface area contributed by atoms with E-state index >= 15 is 0 Å². The molecule has 446 valence electrons. The van der Waals surface area contributed by atoms with Crippen LogP contribution in [0.4, 0.5) is 0 Å². The summed E-state index contributed by atoms with van der Waals surface area (Å²) in [6, 6.07) is -16.2. The second-order valence-electron chi connectivity index (χ2n) is 19.9. The second kappa shape index (κ2) is 32.3. The maximum Gasteiger partial charge on any atom is 0.335 e. The van der Waals surface area contributed by atoms with Crippen molar-refractivity contribution in [3.05, 3.63) is 0 Å². The molecule has 0 aromatic carbocycles. The fourth-order valence-electron chi connectivity index (χ4n) is 9.27. The highest BCUT2D eigenvalue weighted by molar-refractivity contribution is 6.00. The van der Waals surface area contributed by atoms with E-state index in [2.05, 4.69) is 27.9 Å². The molecule has 0 bridgehead atoms. The summed E-state index contributed by atoms with van der Waals surface area (Å²) in [6.07, 6.45) is -6.34. The topological polar surface area (TPSA) is 502 Å². The highest BCUT2D eigenvalue weighted by atomic mass is 16.5. The van der Waals surface area contributed by atoms with Gasteiger partial charge in [-0.1, -0.05) is 58.3 Å². The van der Waals surface area contributed by atoms with Gasteiger partial charge in [0.05, 0.1) is 31.3 Å². The number of carboxylic acids is 2. The lowest BCUT2D eigenvalue weighted by Gasteiger charge is -2.32. The molecule has 8 amide bonds. The molecule has 14 atom stereocenters. The minimum Gasteiger partial charge on any atom is -0.479 e. The van der Waals surface area contributed by atoms with Crippen molar-refractivity contribution in [2.24, 2.45) is 16.5 Å². The van der Waals surface area contributed by atoms with E-state index in [0.717, 1.165) is 56.8 Å². The molecular formula is C48H79N11O20. The van der Waals surface area contributed by atoms with Crippen LogP contribution in [-0.2, 0) is 57.5 Å². The summed E-state index contributed by atoms with van der Waals surface area (Å²) in [6.45, 7) is 2.10. The first-order valence-corrected chi connectivity index (χ1v) is 26.4. The molecule has 0 unspecified atom stereocenters. The first-order valence-electron chi connectivity index (χ1n) is 26.4. The number of aliphatic hydroxyl groups is 6. The average molecular weight is 1130 g/mol. The van der Waals surface area contributed by atoms with Gasteiger partial charge >= 0.3 is 17.9 Å². The number of carbonyl (C=O) groups excluding carboxylic acids is 9. The van der Waals surface area contributed by atoms with Crippen LogP contribution in [0.2, 0.25) is 0 Å². The monoisotopic (exact) mass is 1130 g/mol. The normalized spacial score (nSPS) is 28.7. The lowest BCUT2D eigenvalue weighted by atomic mass is 10.0. The largest absolute Gasteiger partial charge is 0.479 e. The number of carboxylic acid groups (broad SMARTS) is 2. The number of fused-ring (bicyclic) bond motifs is 2. The standard InChI is InChI=1S/C48H79N11O20/c1-4-5-6-7-8-9-10-11-12-14-25-21-30(64)55-31(24(3)61)39(68)52-23(2)43(72)58-19-16-28(62)34(58)41(70)53-26(15-13-18-51-48(49)50)38(67)56-32(36(65)45(74)75)40(69)54-27(22-60)44(73)59-20-17-29(63)35(59)42(71)57-33(47(78)79-25)37(66)46(76)77/h23-29,31-37,60-63,65-66H,4-22H2,1-3H3,(H,52,68)(H,53,70)(H,54,69)(H,55,64)(H,56,67)(H,57,71)(H,74,75)(H,76,77)(H4,49,50,51)/t23-,24+,25+,26+,27+,28+,29+,31-,32-,33-,34-,35+,36-,37+/m1/s1. The number of guanidine groups is 1. The molecule has 0 aromatic heterocycles. The van der Waals surface area contributed by atoms with Gasteiger partial charge in [-0.25, -0.2) is 14.4 Å². The van der Waals surface area contributed by atoms with E-state index in [-0.39, 0.29) is 44.7 Å². The van der Waals surface area contributed by atoms with E-state index in [4.69, 9.17) is 16.2 Å². The lowest BCUT2D eigenvalue weighted by molar-refractivity contribution is -0.165. The van der Waals surface area contributed by atoms with Crippen molar-refractivity contribution in [1.82, 2.24) is 41.7 Å². The van der Waals surface area contributed by atoms with E-state index in [9.17, 15) is 93.6 Å². The van der Waals surface area contributed by atoms with Gasteiger partial charge in [0, 0.05) is 19.6 Å². The Kier molecular flexibility index (Phi) is 27.2. The molecule has 3 fully saturated rings. The first kappa shape index (κ1) is 66.5. The second-order valence-corrected chi connectivity index (χ2v) is 19.9. The molecule has 3 heterocycles. The van der Waals surface area contributed by atoms with E-state index < -0.39 is 176 Å². The lowest BCUT2D eigenvalue weighted by Crippen LogP contribution is -2.64.